The Morgan fingerprint density at radius 3 is 2.30 bits per heavy atom. The molecular weight excluding hydrogens is 338 g/mol. The lowest BCUT2D eigenvalue weighted by Crippen LogP contribution is -2.31. The minimum Gasteiger partial charge on any atom is -0.355 e. The number of anilines is 3. The zero-order valence-corrected chi connectivity index (χ0v) is 15.3. The van der Waals surface area contributed by atoms with Crippen LogP contribution in [-0.4, -0.2) is 23.2 Å². The van der Waals surface area contributed by atoms with E-state index < -0.39 is 0 Å². The van der Waals surface area contributed by atoms with E-state index in [1.165, 1.54) is 6.92 Å². The van der Waals surface area contributed by atoms with Crippen LogP contribution >= 0.6 is 0 Å². The molecule has 0 aliphatic carbocycles. The lowest BCUT2D eigenvalue weighted by atomic mass is 10.1. The number of pyridine rings is 1. The van der Waals surface area contributed by atoms with Gasteiger partial charge >= 0.3 is 0 Å². The van der Waals surface area contributed by atoms with Gasteiger partial charge in [0.25, 0.3) is 5.91 Å². The zero-order chi connectivity index (χ0) is 19.2. The topological polar surface area (TPSA) is 62.3 Å². The smallest absolute Gasteiger partial charge is 0.276 e. The summed E-state index contributed by atoms with van der Waals surface area (Å²) in [5, 5.41) is 3.24. The van der Waals surface area contributed by atoms with Gasteiger partial charge in [0.05, 0.1) is 0 Å². The van der Waals surface area contributed by atoms with Gasteiger partial charge in [-0.15, -0.1) is 0 Å². The fourth-order valence-electron chi connectivity index (χ4n) is 2.77. The lowest BCUT2D eigenvalue weighted by molar-refractivity contribution is 0.0981. The third kappa shape index (κ3) is 4.39. The Kier molecular flexibility index (Phi) is 5.61. The minimum atomic E-state index is -0.153. The number of hydrogen-bond acceptors (Lipinski definition) is 4. The highest BCUT2D eigenvalue weighted by Gasteiger charge is 2.17. The van der Waals surface area contributed by atoms with E-state index in [9.17, 15) is 9.59 Å². The summed E-state index contributed by atoms with van der Waals surface area (Å²) >= 11 is 0. The standard InChI is InChI=1S/C22H21N3O2/c1-3-25(20-7-5-4-6-8-20)22(27)21-15-19(13-14-23-21)24-18-11-9-17(10-12-18)16(2)26/h4-15H,3H2,1-2H3,(H,23,24). The van der Waals surface area contributed by atoms with Gasteiger partial charge < -0.3 is 10.2 Å². The first-order valence-electron chi connectivity index (χ1n) is 8.79. The predicted molar refractivity (Wildman–Crippen MR) is 108 cm³/mol. The summed E-state index contributed by atoms with van der Waals surface area (Å²) in [5.74, 6) is -0.127. The quantitative estimate of drug-likeness (QED) is 0.648. The molecule has 2 aromatic carbocycles. The summed E-state index contributed by atoms with van der Waals surface area (Å²) in [6.45, 7) is 4.02. The van der Waals surface area contributed by atoms with Crippen LogP contribution in [0.5, 0.6) is 0 Å². The molecule has 0 radical (unpaired) electrons. The van der Waals surface area contributed by atoms with E-state index in [1.807, 2.05) is 49.4 Å². The van der Waals surface area contributed by atoms with Crippen LogP contribution in [0.1, 0.15) is 34.7 Å². The minimum absolute atomic E-state index is 0.0268. The van der Waals surface area contributed by atoms with Crippen LogP contribution in [0.4, 0.5) is 17.1 Å². The zero-order valence-electron chi connectivity index (χ0n) is 15.3. The summed E-state index contributed by atoms with van der Waals surface area (Å²) in [6, 6.07) is 20.3. The van der Waals surface area contributed by atoms with E-state index in [0.717, 1.165) is 17.1 Å². The summed E-state index contributed by atoms with van der Waals surface area (Å²) in [4.78, 5) is 30.2. The molecule has 3 rings (SSSR count). The van der Waals surface area contributed by atoms with Crippen LogP contribution in [0.25, 0.3) is 0 Å². The monoisotopic (exact) mass is 359 g/mol. The van der Waals surface area contributed by atoms with Crippen molar-refractivity contribution < 1.29 is 9.59 Å². The number of amides is 1. The highest BCUT2D eigenvalue weighted by atomic mass is 16.2. The third-order valence-corrected chi connectivity index (χ3v) is 4.19. The number of carbonyl (C=O) groups excluding carboxylic acids is 2. The van der Waals surface area contributed by atoms with Gasteiger partial charge in [0.1, 0.15) is 5.69 Å². The van der Waals surface area contributed by atoms with Gasteiger partial charge in [0.2, 0.25) is 0 Å². The maximum Gasteiger partial charge on any atom is 0.276 e. The van der Waals surface area contributed by atoms with Gasteiger partial charge in [0, 0.05) is 35.4 Å². The molecular formula is C22H21N3O2. The molecule has 1 heterocycles. The van der Waals surface area contributed by atoms with E-state index in [2.05, 4.69) is 10.3 Å². The number of Topliss-reactive ketones (excluding diaryl/α,β-unsaturated/α-hetero) is 1. The second-order valence-electron chi connectivity index (χ2n) is 6.07. The van der Waals surface area contributed by atoms with Crippen LogP contribution < -0.4 is 10.2 Å². The number of benzene rings is 2. The number of nitrogens with one attached hydrogen (secondary N) is 1. The number of carbonyl (C=O) groups is 2. The molecule has 0 atom stereocenters. The predicted octanol–water partition coefficient (Wildman–Crippen LogP) is 4.69. The Morgan fingerprint density at radius 2 is 1.67 bits per heavy atom. The van der Waals surface area contributed by atoms with E-state index >= 15 is 0 Å². The first-order chi connectivity index (χ1) is 13.1. The largest absolute Gasteiger partial charge is 0.355 e. The van der Waals surface area contributed by atoms with Crippen LogP contribution in [0, 0.1) is 0 Å². The van der Waals surface area contributed by atoms with Crippen molar-refractivity contribution in [1.82, 2.24) is 4.98 Å². The molecule has 0 aliphatic heterocycles. The van der Waals surface area contributed by atoms with Crippen LogP contribution in [0.15, 0.2) is 72.9 Å². The van der Waals surface area contributed by atoms with Gasteiger partial charge in [-0.2, -0.15) is 0 Å². The molecule has 1 amide bonds. The van der Waals surface area contributed by atoms with Gasteiger partial charge in [-0.3, -0.25) is 14.6 Å². The number of nitrogens with zero attached hydrogens (tertiary/aromatic N) is 2. The first kappa shape index (κ1) is 18.3. The maximum absolute atomic E-state index is 12.9. The van der Waals surface area contributed by atoms with Crippen molar-refractivity contribution in [1.29, 1.82) is 0 Å². The number of rotatable bonds is 6. The van der Waals surface area contributed by atoms with E-state index in [-0.39, 0.29) is 11.7 Å². The van der Waals surface area contributed by atoms with Crippen LogP contribution in [0.2, 0.25) is 0 Å². The Hall–Kier alpha value is -3.47. The Morgan fingerprint density at radius 1 is 0.963 bits per heavy atom. The molecule has 0 saturated heterocycles. The Labute approximate surface area is 158 Å². The van der Waals surface area contributed by atoms with E-state index in [4.69, 9.17) is 0 Å². The summed E-state index contributed by atoms with van der Waals surface area (Å²) in [5.41, 5.74) is 3.46. The molecule has 0 aliphatic rings. The number of para-hydroxylation sites is 1. The summed E-state index contributed by atoms with van der Waals surface area (Å²) in [6.07, 6.45) is 1.61. The van der Waals surface area contributed by atoms with E-state index in [0.29, 0.717) is 17.8 Å². The Bertz CT molecular complexity index is 937. The van der Waals surface area contributed by atoms with Crippen molar-refractivity contribution in [2.75, 3.05) is 16.8 Å². The van der Waals surface area contributed by atoms with E-state index in [1.54, 1.807) is 35.4 Å². The van der Waals surface area contributed by atoms with Crippen molar-refractivity contribution in [3.8, 4) is 0 Å². The van der Waals surface area contributed by atoms with Crippen LogP contribution in [-0.2, 0) is 0 Å². The van der Waals surface area contributed by atoms with Gasteiger partial charge in [-0.1, -0.05) is 18.2 Å². The molecule has 0 fully saturated rings. The summed E-state index contributed by atoms with van der Waals surface area (Å²) < 4.78 is 0. The summed E-state index contributed by atoms with van der Waals surface area (Å²) in [7, 11) is 0. The first-order valence-corrected chi connectivity index (χ1v) is 8.79. The average molecular weight is 359 g/mol. The molecule has 0 saturated carbocycles. The van der Waals surface area contributed by atoms with Crippen molar-refractivity contribution in [2.45, 2.75) is 13.8 Å². The molecule has 1 N–H and O–H groups in total. The average Bonchev–Trinajstić information content (AvgIpc) is 2.70. The molecule has 0 unspecified atom stereocenters. The molecule has 5 heteroatoms. The molecule has 0 spiro atoms. The SMILES string of the molecule is CCN(C(=O)c1cc(Nc2ccc(C(C)=O)cc2)ccn1)c1ccccc1. The van der Waals surface area contributed by atoms with Crippen molar-refractivity contribution in [3.63, 3.8) is 0 Å². The second-order valence-corrected chi connectivity index (χ2v) is 6.07. The fraction of sp³-hybridized carbons (Fsp3) is 0.136. The fourth-order valence-corrected chi connectivity index (χ4v) is 2.77. The number of ketones is 1. The number of aromatic nitrogens is 1. The van der Waals surface area contributed by atoms with Crippen molar-refractivity contribution in [2.24, 2.45) is 0 Å². The third-order valence-electron chi connectivity index (χ3n) is 4.19. The molecule has 0 bridgehead atoms. The normalized spacial score (nSPS) is 10.3. The highest BCUT2D eigenvalue weighted by molar-refractivity contribution is 6.05. The maximum atomic E-state index is 12.9. The van der Waals surface area contributed by atoms with Crippen molar-refractivity contribution in [3.05, 3.63) is 84.2 Å². The van der Waals surface area contributed by atoms with Crippen molar-refractivity contribution >= 4 is 28.8 Å². The van der Waals surface area contributed by atoms with Gasteiger partial charge in [-0.25, -0.2) is 0 Å². The lowest BCUT2D eigenvalue weighted by Gasteiger charge is -2.20. The molecule has 1 aromatic heterocycles. The molecule has 136 valence electrons. The van der Waals surface area contributed by atoms with Crippen LogP contribution in [0.3, 0.4) is 0 Å². The second kappa shape index (κ2) is 8.27. The number of hydrogen-bond donors (Lipinski definition) is 1. The molecule has 27 heavy (non-hydrogen) atoms. The highest BCUT2D eigenvalue weighted by Crippen LogP contribution is 2.20. The van der Waals surface area contributed by atoms with Gasteiger partial charge in [0.15, 0.2) is 5.78 Å². The van der Waals surface area contributed by atoms with Gasteiger partial charge in [-0.05, 0) is 62.4 Å². The Balaban J connectivity index is 1.80. The molecule has 3 aromatic rings. The molecule has 5 nitrogen and oxygen atoms in total.